The maximum absolute atomic E-state index is 10.6. The number of alkyl halides is 1. The molecule has 0 aliphatic carbocycles. The Kier molecular flexibility index (Phi) is 9.42. The van der Waals surface area contributed by atoms with Crippen molar-refractivity contribution >= 4 is 33.2 Å². The highest BCUT2D eigenvalue weighted by Crippen LogP contribution is 2.28. The summed E-state index contributed by atoms with van der Waals surface area (Å²) in [5.41, 5.74) is -0.0178. The second-order valence-corrected chi connectivity index (χ2v) is 6.08. The summed E-state index contributed by atoms with van der Waals surface area (Å²) in [5.74, 6) is 0.514. The molecule has 1 aromatic rings. The number of rotatable bonds is 11. The first kappa shape index (κ1) is 18.2. The molecule has 0 fully saturated rings. The highest BCUT2D eigenvalue weighted by Gasteiger charge is 2.09. The van der Waals surface area contributed by atoms with Crippen molar-refractivity contribution in [2.24, 2.45) is 0 Å². The molecule has 1 rings (SSSR count). The van der Waals surface area contributed by atoms with E-state index in [1.807, 2.05) is 0 Å². The molecule has 0 aliphatic heterocycles. The van der Waals surface area contributed by atoms with E-state index < -0.39 is 4.92 Å². The molecule has 0 spiro atoms. The Morgan fingerprint density at radius 3 is 2.29 bits per heavy atom. The van der Waals surface area contributed by atoms with Crippen LogP contribution >= 0.6 is 27.5 Å². The highest BCUT2D eigenvalue weighted by atomic mass is 79.9. The van der Waals surface area contributed by atoms with Crippen LogP contribution in [0, 0.1) is 10.1 Å². The average Bonchev–Trinajstić information content (AvgIpc) is 2.46. The van der Waals surface area contributed by atoms with Crippen molar-refractivity contribution in [1.82, 2.24) is 0 Å². The number of nitro groups is 1. The standard InChI is InChI=1S/C15H21BrClNO3/c16-10-6-4-2-1-3-5-7-11-21-15-9-8-13(18(19)20)12-14(15)17/h8-9,12H,1-7,10-11H2. The van der Waals surface area contributed by atoms with Gasteiger partial charge in [-0.15, -0.1) is 0 Å². The van der Waals surface area contributed by atoms with Crippen molar-refractivity contribution in [3.63, 3.8) is 0 Å². The molecule has 0 saturated heterocycles. The molecule has 0 atom stereocenters. The molecule has 0 N–H and O–H groups in total. The Morgan fingerprint density at radius 1 is 1.10 bits per heavy atom. The van der Waals surface area contributed by atoms with E-state index in [9.17, 15) is 10.1 Å². The van der Waals surface area contributed by atoms with Gasteiger partial charge in [-0.2, -0.15) is 0 Å². The number of halogens is 2. The molecule has 0 unspecified atom stereocenters. The number of hydrogen-bond donors (Lipinski definition) is 0. The van der Waals surface area contributed by atoms with Gasteiger partial charge in [0.25, 0.3) is 5.69 Å². The highest BCUT2D eigenvalue weighted by molar-refractivity contribution is 9.09. The first-order chi connectivity index (χ1) is 10.1. The maximum atomic E-state index is 10.6. The van der Waals surface area contributed by atoms with Crippen molar-refractivity contribution < 1.29 is 9.66 Å². The summed E-state index contributed by atoms with van der Waals surface area (Å²) in [7, 11) is 0. The lowest BCUT2D eigenvalue weighted by molar-refractivity contribution is -0.384. The van der Waals surface area contributed by atoms with Crippen molar-refractivity contribution in [1.29, 1.82) is 0 Å². The van der Waals surface area contributed by atoms with Crippen molar-refractivity contribution in [2.45, 2.75) is 44.9 Å². The summed E-state index contributed by atoms with van der Waals surface area (Å²) in [4.78, 5) is 10.1. The van der Waals surface area contributed by atoms with E-state index in [4.69, 9.17) is 16.3 Å². The largest absolute Gasteiger partial charge is 0.492 e. The minimum Gasteiger partial charge on any atom is -0.492 e. The van der Waals surface area contributed by atoms with Crippen molar-refractivity contribution in [2.75, 3.05) is 11.9 Å². The summed E-state index contributed by atoms with van der Waals surface area (Å²) in [6, 6.07) is 4.28. The van der Waals surface area contributed by atoms with Crippen LogP contribution in [0.3, 0.4) is 0 Å². The third-order valence-electron chi connectivity index (χ3n) is 3.16. The van der Waals surface area contributed by atoms with Crippen LogP contribution in [0.5, 0.6) is 5.75 Å². The van der Waals surface area contributed by atoms with Gasteiger partial charge in [0.05, 0.1) is 16.6 Å². The normalized spacial score (nSPS) is 10.6. The van der Waals surface area contributed by atoms with E-state index in [0.29, 0.717) is 17.4 Å². The zero-order chi connectivity index (χ0) is 15.5. The number of hydrogen-bond acceptors (Lipinski definition) is 3. The van der Waals surface area contributed by atoms with Crippen LogP contribution in [-0.4, -0.2) is 16.9 Å². The monoisotopic (exact) mass is 377 g/mol. The van der Waals surface area contributed by atoms with Crippen LogP contribution in [0.4, 0.5) is 5.69 Å². The van der Waals surface area contributed by atoms with E-state index in [-0.39, 0.29) is 5.69 Å². The van der Waals surface area contributed by atoms with Crippen LogP contribution in [-0.2, 0) is 0 Å². The topological polar surface area (TPSA) is 52.4 Å². The molecular formula is C15H21BrClNO3. The smallest absolute Gasteiger partial charge is 0.271 e. The van der Waals surface area contributed by atoms with E-state index in [2.05, 4.69) is 15.9 Å². The van der Waals surface area contributed by atoms with Gasteiger partial charge in [-0.3, -0.25) is 10.1 Å². The third kappa shape index (κ3) is 7.67. The van der Waals surface area contributed by atoms with Gasteiger partial charge >= 0.3 is 0 Å². The number of ether oxygens (including phenoxy) is 1. The molecule has 0 heterocycles. The summed E-state index contributed by atoms with van der Waals surface area (Å²) >= 11 is 9.38. The van der Waals surface area contributed by atoms with E-state index in [1.165, 1.54) is 44.2 Å². The zero-order valence-electron chi connectivity index (χ0n) is 12.0. The second-order valence-electron chi connectivity index (χ2n) is 4.88. The van der Waals surface area contributed by atoms with Gasteiger partial charge < -0.3 is 4.74 Å². The fraction of sp³-hybridized carbons (Fsp3) is 0.600. The van der Waals surface area contributed by atoms with Crippen LogP contribution in [0.25, 0.3) is 0 Å². The predicted octanol–water partition coefficient (Wildman–Crippen LogP) is 5.75. The average molecular weight is 379 g/mol. The lowest BCUT2D eigenvalue weighted by Crippen LogP contribution is -1.98. The van der Waals surface area contributed by atoms with E-state index in [0.717, 1.165) is 18.2 Å². The molecule has 0 saturated carbocycles. The van der Waals surface area contributed by atoms with Gasteiger partial charge in [-0.05, 0) is 18.9 Å². The van der Waals surface area contributed by atoms with Gasteiger partial charge in [0.1, 0.15) is 5.75 Å². The number of benzene rings is 1. The lowest BCUT2D eigenvalue weighted by Gasteiger charge is -2.07. The third-order valence-corrected chi connectivity index (χ3v) is 4.02. The van der Waals surface area contributed by atoms with Gasteiger partial charge in [0.15, 0.2) is 0 Å². The molecule has 0 radical (unpaired) electrons. The van der Waals surface area contributed by atoms with Crippen LogP contribution < -0.4 is 4.74 Å². The quantitative estimate of drug-likeness (QED) is 0.213. The maximum Gasteiger partial charge on any atom is 0.271 e. The van der Waals surface area contributed by atoms with Gasteiger partial charge in [0, 0.05) is 17.5 Å². The Bertz CT molecular complexity index is 443. The number of unbranched alkanes of at least 4 members (excludes halogenated alkanes) is 6. The molecule has 0 aromatic heterocycles. The van der Waals surface area contributed by atoms with Crippen LogP contribution in [0.15, 0.2) is 18.2 Å². The predicted molar refractivity (Wildman–Crippen MR) is 89.7 cm³/mol. The first-order valence-corrected chi connectivity index (χ1v) is 8.78. The zero-order valence-corrected chi connectivity index (χ0v) is 14.4. The summed E-state index contributed by atoms with van der Waals surface area (Å²) in [6.45, 7) is 0.596. The molecule has 6 heteroatoms. The van der Waals surface area contributed by atoms with Gasteiger partial charge in [-0.25, -0.2) is 0 Å². The van der Waals surface area contributed by atoms with E-state index in [1.54, 1.807) is 6.07 Å². The van der Waals surface area contributed by atoms with Crippen LogP contribution in [0.2, 0.25) is 5.02 Å². The fourth-order valence-corrected chi connectivity index (χ4v) is 2.61. The van der Waals surface area contributed by atoms with Crippen LogP contribution in [0.1, 0.15) is 44.9 Å². The number of nitro benzene ring substituents is 1. The minimum absolute atomic E-state index is 0.0178. The first-order valence-electron chi connectivity index (χ1n) is 7.28. The molecule has 21 heavy (non-hydrogen) atoms. The van der Waals surface area contributed by atoms with E-state index >= 15 is 0 Å². The Balaban J connectivity index is 2.14. The SMILES string of the molecule is O=[N+]([O-])c1ccc(OCCCCCCCCCBr)c(Cl)c1. The summed E-state index contributed by atoms with van der Waals surface area (Å²) < 4.78 is 5.56. The minimum atomic E-state index is -0.467. The molecule has 0 bridgehead atoms. The van der Waals surface area contributed by atoms with Crippen molar-refractivity contribution in [3.05, 3.63) is 33.3 Å². The van der Waals surface area contributed by atoms with Gasteiger partial charge in [0.2, 0.25) is 0 Å². The molecule has 0 aliphatic rings. The Labute approximate surface area is 139 Å². The number of nitrogens with zero attached hydrogens (tertiary/aromatic N) is 1. The Morgan fingerprint density at radius 2 is 1.71 bits per heavy atom. The second kappa shape index (κ2) is 10.9. The lowest BCUT2D eigenvalue weighted by atomic mass is 10.1. The molecule has 118 valence electrons. The summed E-state index contributed by atoms with van der Waals surface area (Å²) in [6.07, 6.45) is 8.44. The molecule has 0 amide bonds. The summed E-state index contributed by atoms with van der Waals surface area (Å²) in [5, 5.41) is 12.0. The number of non-ortho nitro benzene ring substituents is 1. The fourth-order valence-electron chi connectivity index (χ4n) is 1.98. The van der Waals surface area contributed by atoms with Crippen molar-refractivity contribution in [3.8, 4) is 5.75 Å². The Hall–Kier alpha value is -0.810. The van der Waals surface area contributed by atoms with Gasteiger partial charge in [-0.1, -0.05) is 59.6 Å². The molecule has 1 aromatic carbocycles. The molecule has 4 nitrogen and oxygen atoms in total. The molecular weight excluding hydrogens is 358 g/mol.